The second-order valence-corrected chi connectivity index (χ2v) is 7.79. The highest BCUT2D eigenvalue weighted by atomic mass is 16.5. The van der Waals surface area contributed by atoms with E-state index in [-0.39, 0.29) is 11.8 Å². The first-order chi connectivity index (χ1) is 16.0. The molecule has 2 amide bonds. The molecule has 0 spiro atoms. The number of para-hydroxylation sites is 1. The van der Waals surface area contributed by atoms with E-state index in [1.165, 1.54) is 0 Å². The van der Waals surface area contributed by atoms with Crippen molar-refractivity contribution in [2.24, 2.45) is 0 Å². The summed E-state index contributed by atoms with van der Waals surface area (Å²) < 4.78 is 12.4. The molecule has 1 heterocycles. The summed E-state index contributed by atoms with van der Waals surface area (Å²) in [5.74, 6) is 0.763. The van der Waals surface area contributed by atoms with E-state index in [4.69, 9.17) is 9.47 Å². The Bertz CT molecular complexity index is 1190. The number of hydrazine groups is 1. The zero-order chi connectivity index (χ0) is 23.4. The van der Waals surface area contributed by atoms with Gasteiger partial charge in [0, 0.05) is 11.1 Å². The van der Waals surface area contributed by atoms with E-state index in [0.717, 1.165) is 16.7 Å². The molecule has 2 atom stereocenters. The number of nitrogens with one attached hydrogen (secondary N) is 2. The van der Waals surface area contributed by atoms with Crippen LogP contribution in [0, 0.1) is 6.92 Å². The number of rotatable bonds is 6. The van der Waals surface area contributed by atoms with Crippen LogP contribution in [0.25, 0.3) is 0 Å². The van der Waals surface area contributed by atoms with E-state index in [2.05, 4.69) is 10.7 Å². The van der Waals surface area contributed by atoms with Gasteiger partial charge in [-0.25, -0.2) is 0 Å². The Morgan fingerprint density at radius 3 is 2.33 bits per heavy atom. The Kier molecular flexibility index (Phi) is 6.40. The number of amides is 2. The Hall–Kier alpha value is -4.13. The van der Waals surface area contributed by atoms with Crippen molar-refractivity contribution in [3.63, 3.8) is 0 Å². The van der Waals surface area contributed by atoms with Crippen LogP contribution in [0.4, 0.5) is 0 Å². The van der Waals surface area contributed by atoms with Crippen molar-refractivity contribution in [2.45, 2.75) is 19.0 Å². The van der Waals surface area contributed by atoms with Crippen molar-refractivity contribution in [2.75, 3.05) is 14.2 Å². The van der Waals surface area contributed by atoms with Gasteiger partial charge in [0.25, 0.3) is 5.91 Å². The van der Waals surface area contributed by atoms with Gasteiger partial charge in [0.2, 0.25) is 12.3 Å². The normalized spacial score (nSPS) is 18.6. The predicted molar refractivity (Wildman–Crippen MR) is 125 cm³/mol. The highest BCUT2D eigenvalue weighted by Crippen LogP contribution is 2.28. The fourth-order valence-electron chi connectivity index (χ4n) is 3.83. The molecule has 3 aromatic carbocycles. The Balaban J connectivity index is 1.72. The molecule has 168 valence electrons. The molecule has 4 rings (SSSR count). The van der Waals surface area contributed by atoms with E-state index >= 15 is 0 Å². The molecule has 0 bridgehead atoms. The Morgan fingerprint density at radius 2 is 1.67 bits per heavy atom. The first-order valence-corrected chi connectivity index (χ1v) is 10.6. The molecule has 3 aromatic rings. The third-order valence-electron chi connectivity index (χ3n) is 5.61. The lowest BCUT2D eigenvalue weighted by Gasteiger charge is -2.15. The van der Waals surface area contributed by atoms with Crippen LogP contribution in [0.3, 0.4) is 0 Å². The van der Waals surface area contributed by atoms with Crippen LogP contribution in [0.5, 0.6) is 11.5 Å². The topological polar surface area (TPSA) is 79.7 Å². The molecule has 0 saturated carbocycles. The highest BCUT2D eigenvalue weighted by Gasteiger charge is 2.48. The first-order valence-electron chi connectivity index (χ1n) is 10.6. The third kappa shape index (κ3) is 4.72. The van der Waals surface area contributed by atoms with E-state index in [1.807, 2.05) is 73.8 Å². The average Bonchev–Trinajstić information content (AvgIpc) is 3.14. The number of hydrogen-bond acceptors (Lipinski definition) is 4. The maximum absolute atomic E-state index is 13.0. The number of aryl methyl sites for hydroxylation is 1. The van der Waals surface area contributed by atoms with Gasteiger partial charge in [0.05, 0.1) is 19.8 Å². The SMILES string of the molecule is COc1ccc([C@H]2[C@@H](NC(=O)c3ccc(C)cc3)C(=O)N/[N+]2=C\c2ccccc2OC)cc1. The van der Waals surface area contributed by atoms with Gasteiger partial charge in [-0.1, -0.05) is 29.8 Å². The molecular formula is C26H26N3O4+. The van der Waals surface area contributed by atoms with E-state index in [1.54, 1.807) is 31.0 Å². The lowest BCUT2D eigenvalue weighted by molar-refractivity contribution is -0.596. The van der Waals surface area contributed by atoms with Gasteiger partial charge in [0.1, 0.15) is 11.5 Å². The second-order valence-electron chi connectivity index (χ2n) is 7.79. The van der Waals surface area contributed by atoms with Crippen LogP contribution in [-0.4, -0.2) is 43.0 Å². The van der Waals surface area contributed by atoms with Gasteiger partial charge in [-0.15, -0.1) is 10.1 Å². The summed E-state index contributed by atoms with van der Waals surface area (Å²) >= 11 is 0. The van der Waals surface area contributed by atoms with Gasteiger partial charge in [-0.2, -0.15) is 0 Å². The van der Waals surface area contributed by atoms with Crippen molar-refractivity contribution < 1.29 is 23.7 Å². The summed E-state index contributed by atoms with van der Waals surface area (Å²) in [4.78, 5) is 26.0. The van der Waals surface area contributed by atoms with Gasteiger partial charge in [-0.3, -0.25) is 9.59 Å². The average molecular weight is 445 g/mol. The number of methoxy groups -OCH3 is 2. The van der Waals surface area contributed by atoms with Crippen molar-refractivity contribution in [3.05, 3.63) is 95.1 Å². The summed E-state index contributed by atoms with van der Waals surface area (Å²) in [6.45, 7) is 1.96. The summed E-state index contributed by atoms with van der Waals surface area (Å²) in [5, 5.41) is 2.91. The van der Waals surface area contributed by atoms with Gasteiger partial charge >= 0.3 is 5.91 Å². The molecule has 0 radical (unpaired) electrons. The Morgan fingerprint density at radius 1 is 0.970 bits per heavy atom. The standard InChI is InChI=1S/C26H25N3O4/c1-17-8-10-19(11-9-17)25(30)27-23-24(18-12-14-21(32-2)15-13-18)29(28-26(23)31)16-20-6-4-5-7-22(20)33-3/h4-16,23-24H,1-3H3,(H-,27,28,30,31)/p+1/b29-16-/t23-,24+/m1/s1. The summed E-state index contributed by atoms with van der Waals surface area (Å²) in [5.41, 5.74) is 6.07. The largest absolute Gasteiger partial charge is 0.497 e. The van der Waals surface area contributed by atoms with Crippen LogP contribution in [0.1, 0.15) is 33.1 Å². The fraction of sp³-hybridized carbons (Fsp3) is 0.192. The van der Waals surface area contributed by atoms with Crippen LogP contribution >= 0.6 is 0 Å². The van der Waals surface area contributed by atoms with Crippen molar-refractivity contribution in [1.82, 2.24) is 10.7 Å². The Labute approximate surface area is 192 Å². The number of nitrogens with zero attached hydrogens (tertiary/aromatic N) is 1. The van der Waals surface area contributed by atoms with Crippen LogP contribution in [0.2, 0.25) is 0 Å². The van der Waals surface area contributed by atoms with Gasteiger partial charge < -0.3 is 14.8 Å². The molecular weight excluding hydrogens is 418 g/mol. The third-order valence-corrected chi connectivity index (χ3v) is 5.61. The molecule has 7 heteroatoms. The molecule has 1 aliphatic rings. The second kappa shape index (κ2) is 9.56. The number of benzene rings is 3. The quantitative estimate of drug-likeness (QED) is 0.573. The lowest BCUT2D eigenvalue weighted by Crippen LogP contribution is -2.42. The van der Waals surface area contributed by atoms with Crippen LogP contribution in [0.15, 0.2) is 72.8 Å². The lowest BCUT2D eigenvalue weighted by atomic mass is 9.99. The fourth-order valence-corrected chi connectivity index (χ4v) is 3.83. The van der Waals surface area contributed by atoms with Crippen molar-refractivity contribution >= 4 is 18.0 Å². The van der Waals surface area contributed by atoms with Gasteiger partial charge in [-0.05, 0) is 55.5 Å². The van der Waals surface area contributed by atoms with E-state index in [9.17, 15) is 9.59 Å². The maximum Gasteiger partial charge on any atom is 0.304 e. The molecule has 0 aromatic heterocycles. The number of carbonyl (C=O) groups excluding carboxylic acids is 2. The van der Waals surface area contributed by atoms with Crippen LogP contribution in [-0.2, 0) is 4.79 Å². The molecule has 1 fully saturated rings. The minimum absolute atomic E-state index is 0.303. The molecule has 1 saturated heterocycles. The van der Waals surface area contributed by atoms with Crippen LogP contribution < -0.4 is 20.2 Å². The van der Waals surface area contributed by atoms with E-state index < -0.39 is 12.1 Å². The number of carbonyl (C=O) groups is 2. The molecule has 0 aliphatic carbocycles. The minimum atomic E-state index is -0.807. The molecule has 1 aliphatic heterocycles. The molecule has 0 unspecified atom stereocenters. The maximum atomic E-state index is 13.0. The van der Waals surface area contributed by atoms with Crippen molar-refractivity contribution in [3.8, 4) is 11.5 Å². The molecule has 33 heavy (non-hydrogen) atoms. The zero-order valence-electron chi connectivity index (χ0n) is 18.7. The number of ether oxygens (including phenoxy) is 2. The monoisotopic (exact) mass is 444 g/mol. The van der Waals surface area contributed by atoms with Gasteiger partial charge in [0.15, 0.2) is 6.04 Å². The number of hydrogen-bond donors (Lipinski definition) is 2. The minimum Gasteiger partial charge on any atom is -0.497 e. The summed E-state index contributed by atoms with van der Waals surface area (Å²) in [6, 6.07) is 20.9. The van der Waals surface area contributed by atoms with Crippen molar-refractivity contribution in [1.29, 1.82) is 0 Å². The number of hydrazone groups is 1. The summed E-state index contributed by atoms with van der Waals surface area (Å²) in [7, 11) is 3.20. The summed E-state index contributed by atoms with van der Waals surface area (Å²) in [6.07, 6.45) is 1.81. The van der Waals surface area contributed by atoms with E-state index in [0.29, 0.717) is 17.1 Å². The predicted octanol–water partition coefficient (Wildman–Crippen LogP) is 3.03. The smallest absolute Gasteiger partial charge is 0.304 e. The zero-order valence-corrected chi connectivity index (χ0v) is 18.7. The highest BCUT2D eigenvalue weighted by molar-refractivity contribution is 5.98. The first kappa shape index (κ1) is 22.1. The molecule has 2 N–H and O–H groups in total. The molecule has 7 nitrogen and oxygen atoms in total.